The maximum absolute atomic E-state index is 13.0. The molecule has 140 valence electrons. The molecule has 1 aliphatic rings. The minimum absolute atomic E-state index is 0.150. The number of fused-ring (bicyclic) bond motifs is 1. The van der Waals surface area contributed by atoms with Gasteiger partial charge in [0.05, 0.1) is 17.2 Å². The third-order valence-electron chi connectivity index (χ3n) is 4.79. The molecule has 1 heterocycles. The molecule has 1 N–H and O–H groups in total. The SMILES string of the molecule is CC(C)C[C@H](C(=O)N[C@@H](C)c1ccccc1)N1C(=O)c2ccccc2C1=O. The molecule has 0 unspecified atom stereocenters. The summed E-state index contributed by atoms with van der Waals surface area (Å²) in [7, 11) is 0. The van der Waals surface area contributed by atoms with E-state index in [1.807, 2.05) is 51.1 Å². The van der Waals surface area contributed by atoms with Crippen molar-refractivity contribution in [3.8, 4) is 0 Å². The number of nitrogens with zero attached hydrogens (tertiary/aromatic N) is 1. The number of rotatable bonds is 6. The number of carbonyl (C=O) groups is 3. The molecule has 2 atom stereocenters. The van der Waals surface area contributed by atoms with E-state index in [0.717, 1.165) is 10.5 Å². The van der Waals surface area contributed by atoms with Crippen molar-refractivity contribution in [3.63, 3.8) is 0 Å². The van der Waals surface area contributed by atoms with Gasteiger partial charge in [0.25, 0.3) is 11.8 Å². The molecule has 3 rings (SSSR count). The quantitative estimate of drug-likeness (QED) is 0.797. The Balaban J connectivity index is 1.85. The number of amides is 3. The third kappa shape index (κ3) is 3.77. The number of benzene rings is 2. The van der Waals surface area contributed by atoms with Gasteiger partial charge in [-0.15, -0.1) is 0 Å². The van der Waals surface area contributed by atoms with Gasteiger partial charge in [-0.25, -0.2) is 0 Å². The van der Waals surface area contributed by atoms with Crippen LogP contribution in [0.4, 0.5) is 0 Å². The highest BCUT2D eigenvalue weighted by Gasteiger charge is 2.42. The summed E-state index contributed by atoms with van der Waals surface area (Å²) in [5.74, 6) is -0.959. The fourth-order valence-corrected chi connectivity index (χ4v) is 3.40. The van der Waals surface area contributed by atoms with E-state index in [1.54, 1.807) is 24.3 Å². The highest BCUT2D eigenvalue weighted by atomic mass is 16.2. The Hall–Kier alpha value is -2.95. The van der Waals surface area contributed by atoms with Gasteiger partial charge in [-0.2, -0.15) is 0 Å². The van der Waals surface area contributed by atoms with E-state index in [4.69, 9.17) is 0 Å². The zero-order valence-corrected chi connectivity index (χ0v) is 15.8. The largest absolute Gasteiger partial charge is 0.348 e. The van der Waals surface area contributed by atoms with Crippen molar-refractivity contribution in [2.75, 3.05) is 0 Å². The fraction of sp³-hybridized carbons (Fsp3) is 0.318. The van der Waals surface area contributed by atoms with Gasteiger partial charge in [0, 0.05) is 0 Å². The van der Waals surface area contributed by atoms with Crippen molar-refractivity contribution in [2.24, 2.45) is 5.92 Å². The first-order valence-corrected chi connectivity index (χ1v) is 9.22. The molecule has 0 spiro atoms. The van der Waals surface area contributed by atoms with E-state index in [1.165, 1.54) is 0 Å². The molecular weight excluding hydrogens is 340 g/mol. The van der Waals surface area contributed by atoms with Crippen LogP contribution >= 0.6 is 0 Å². The lowest BCUT2D eigenvalue weighted by Gasteiger charge is -2.28. The van der Waals surface area contributed by atoms with Gasteiger partial charge in [-0.3, -0.25) is 19.3 Å². The van der Waals surface area contributed by atoms with E-state index < -0.39 is 17.9 Å². The molecule has 0 bridgehead atoms. The summed E-state index contributed by atoms with van der Waals surface area (Å²) < 4.78 is 0. The van der Waals surface area contributed by atoms with E-state index in [9.17, 15) is 14.4 Å². The average molecular weight is 364 g/mol. The smallest absolute Gasteiger partial charge is 0.262 e. The first kappa shape index (κ1) is 18.8. The molecule has 0 fully saturated rings. The zero-order valence-electron chi connectivity index (χ0n) is 15.8. The van der Waals surface area contributed by atoms with Gasteiger partial charge in [-0.1, -0.05) is 56.3 Å². The summed E-state index contributed by atoms with van der Waals surface area (Å²) in [6.45, 7) is 5.83. The number of imide groups is 1. The van der Waals surface area contributed by atoms with Crippen LogP contribution in [-0.2, 0) is 4.79 Å². The van der Waals surface area contributed by atoms with E-state index in [2.05, 4.69) is 5.32 Å². The average Bonchev–Trinajstić information content (AvgIpc) is 2.91. The van der Waals surface area contributed by atoms with E-state index >= 15 is 0 Å². The summed E-state index contributed by atoms with van der Waals surface area (Å²) >= 11 is 0. The third-order valence-corrected chi connectivity index (χ3v) is 4.79. The van der Waals surface area contributed by atoms with Gasteiger partial charge >= 0.3 is 0 Å². The normalized spacial score (nSPS) is 15.6. The molecule has 5 heteroatoms. The fourth-order valence-electron chi connectivity index (χ4n) is 3.40. The van der Waals surface area contributed by atoms with Crippen LogP contribution < -0.4 is 5.32 Å². The molecule has 0 saturated carbocycles. The Labute approximate surface area is 159 Å². The molecular formula is C22H24N2O3. The Bertz CT molecular complexity index is 826. The molecule has 0 aliphatic carbocycles. The first-order chi connectivity index (χ1) is 12.9. The second kappa shape index (κ2) is 7.74. The molecule has 0 radical (unpaired) electrons. The van der Waals surface area contributed by atoms with Gasteiger partial charge in [0.1, 0.15) is 6.04 Å². The molecule has 27 heavy (non-hydrogen) atoms. The summed E-state index contributed by atoms with van der Waals surface area (Å²) in [5, 5.41) is 2.96. The Morgan fingerprint density at radius 2 is 1.41 bits per heavy atom. The lowest BCUT2D eigenvalue weighted by atomic mass is 10.0. The lowest BCUT2D eigenvalue weighted by Crippen LogP contribution is -2.50. The van der Waals surface area contributed by atoms with Gasteiger partial charge in [0.15, 0.2) is 0 Å². The summed E-state index contributed by atoms with van der Waals surface area (Å²) in [5.41, 5.74) is 1.69. The van der Waals surface area contributed by atoms with Gasteiger partial charge < -0.3 is 5.32 Å². The number of carbonyl (C=O) groups excluding carboxylic acids is 3. The number of hydrogen-bond donors (Lipinski definition) is 1. The molecule has 2 aromatic carbocycles. The van der Waals surface area contributed by atoms with Crippen molar-refractivity contribution in [2.45, 2.75) is 39.3 Å². The minimum Gasteiger partial charge on any atom is -0.348 e. The topological polar surface area (TPSA) is 66.5 Å². The minimum atomic E-state index is -0.830. The standard InChI is InChI=1S/C22H24N2O3/c1-14(2)13-19(20(25)23-15(3)16-9-5-4-6-10-16)24-21(26)17-11-7-8-12-18(17)22(24)27/h4-12,14-15,19H,13H2,1-3H3,(H,23,25)/t15-,19+/m0/s1. The van der Waals surface area contributed by atoms with Crippen molar-refractivity contribution in [1.82, 2.24) is 10.2 Å². The van der Waals surface area contributed by atoms with Crippen LogP contribution in [0.15, 0.2) is 54.6 Å². The molecule has 1 aliphatic heterocycles. The lowest BCUT2D eigenvalue weighted by molar-refractivity contribution is -0.126. The molecule has 3 amide bonds. The van der Waals surface area contributed by atoms with Crippen LogP contribution in [0.1, 0.15) is 59.5 Å². The van der Waals surface area contributed by atoms with Crippen LogP contribution in [0.3, 0.4) is 0 Å². The number of nitrogens with one attached hydrogen (secondary N) is 1. The van der Waals surface area contributed by atoms with Crippen molar-refractivity contribution in [3.05, 3.63) is 71.3 Å². The van der Waals surface area contributed by atoms with Crippen LogP contribution in [-0.4, -0.2) is 28.7 Å². The summed E-state index contributed by atoms with van der Waals surface area (Å²) in [6, 6.07) is 15.3. The monoisotopic (exact) mass is 364 g/mol. The van der Waals surface area contributed by atoms with Gasteiger partial charge in [-0.05, 0) is 37.0 Å². The van der Waals surface area contributed by atoms with E-state index in [0.29, 0.717) is 17.5 Å². The predicted octanol–water partition coefficient (Wildman–Crippen LogP) is 3.57. The second-order valence-corrected chi connectivity index (χ2v) is 7.31. The van der Waals surface area contributed by atoms with Crippen molar-refractivity contribution in [1.29, 1.82) is 0 Å². The van der Waals surface area contributed by atoms with Crippen molar-refractivity contribution >= 4 is 17.7 Å². The van der Waals surface area contributed by atoms with Crippen LogP contribution in [0.2, 0.25) is 0 Å². The zero-order chi connectivity index (χ0) is 19.6. The Morgan fingerprint density at radius 3 is 1.93 bits per heavy atom. The summed E-state index contributed by atoms with van der Waals surface area (Å²) in [6.07, 6.45) is 0.415. The molecule has 5 nitrogen and oxygen atoms in total. The Morgan fingerprint density at radius 1 is 0.889 bits per heavy atom. The molecule has 0 saturated heterocycles. The van der Waals surface area contributed by atoms with Crippen LogP contribution in [0.5, 0.6) is 0 Å². The van der Waals surface area contributed by atoms with Crippen molar-refractivity contribution < 1.29 is 14.4 Å². The van der Waals surface area contributed by atoms with Crippen LogP contribution in [0, 0.1) is 5.92 Å². The maximum Gasteiger partial charge on any atom is 0.262 e. The van der Waals surface area contributed by atoms with Gasteiger partial charge in [0.2, 0.25) is 5.91 Å². The highest BCUT2D eigenvalue weighted by Crippen LogP contribution is 2.27. The van der Waals surface area contributed by atoms with E-state index in [-0.39, 0.29) is 17.9 Å². The van der Waals surface area contributed by atoms with Crippen LogP contribution in [0.25, 0.3) is 0 Å². The maximum atomic E-state index is 13.0. The molecule has 0 aromatic heterocycles. The predicted molar refractivity (Wildman–Crippen MR) is 103 cm³/mol. The Kier molecular flexibility index (Phi) is 5.40. The second-order valence-electron chi connectivity index (χ2n) is 7.31. The molecule has 2 aromatic rings. The highest BCUT2D eigenvalue weighted by molar-refractivity contribution is 6.22. The number of hydrogen-bond acceptors (Lipinski definition) is 3. The first-order valence-electron chi connectivity index (χ1n) is 9.22. The summed E-state index contributed by atoms with van der Waals surface area (Å²) in [4.78, 5) is 39.8.